The molecule has 312 valence electrons. The Hall–Kier alpha value is -2.62. The van der Waals surface area contributed by atoms with E-state index in [-0.39, 0.29) is 23.1 Å². The normalized spacial score (nSPS) is 11.4. The van der Waals surface area contributed by atoms with E-state index in [4.69, 9.17) is 0 Å². The van der Waals surface area contributed by atoms with Crippen LogP contribution in [0.15, 0.2) is 24.3 Å². The van der Waals surface area contributed by atoms with E-state index >= 15 is 0 Å². The van der Waals surface area contributed by atoms with Crippen molar-refractivity contribution in [2.45, 2.75) is 240 Å². The summed E-state index contributed by atoms with van der Waals surface area (Å²) >= 11 is 0. The summed E-state index contributed by atoms with van der Waals surface area (Å²) in [4.78, 5) is 26.5. The van der Waals surface area contributed by atoms with Gasteiger partial charge in [-0.1, -0.05) is 206 Å². The van der Waals surface area contributed by atoms with Crippen LogP contribution in [0.4, 0.5) is 0 Å². The van der Waals surface area contributed by atoms with E-state index in [0.29, 0.717) is 41.5 Å². The van der Waals surface area contributed by atoms with Crippen LogP contribution >= 0.6 is 0 Å². The van der Waals surface area contributed by atoms with Crippen LogP contribution < -0.4 is 0 Å². The molecule has 55 heavy (non-hydrogen) atoms. The zero-order chi connectivity index (χ0) is 39.9. The highest BCUT2D eigenvalue weighted by Gasteiger charge is 2.18. The molecule has 0 radical (unpaired) electrons. The molecule has 0 atom stereocenters. The molecule has 0 amide bonds. The highest BCUT2D eigenvalue weighted by Crippen LogP contribution is 2.30. The third kappa shape index (κ3) is 22.0. The molecule has 0 aliphatic heterocycles. The Kier molecular flexibility index (Phi) is 27.8. The molecule has 2 aromatic rings. The van der Waals surface area contributed by atoms with Gasteiger partial charge in [-0.2, -0.15) is 0 Å². The third-order valence-electron chi connectivity index (χ3n) is 11.7. The van der Waals surface area contributed by atoms with Crippen molar-refractivity contribution in [1.29, 1.82) is 0 Å². The van der Waals surface area contributed by atoms with Gasteiger partial charge in [0, 0.05) is 12.8 Å². The smallest absolute Gasteiger partial charge is 0.166 e. The molecule has 2 rings (SSSR count). The minimum atomic E-state index is -0.00149. The van der Waals surface area contributed by atoms with Crippen molar-refractivity contribution in [3.8, 4) is 11.5 Å². The third-order valence-corrected chi connectivity index (χ3v) is 11.7. The Labute approximate surface area is 339 Å². The van der Waals surface area contributed by atoms with Crippen molar-refractivity contribution >= 4 is 11.6 Å². The van der Waals surface area contributed by atoms with E-state index in [1.165, 1.54) is 154 Å². The maximum absolute atomic E-state index is 13.2. The summed E-state index contributed by atoms with van der Waals surface area (Å²) in [6.07, 6.45) is 40.1. The van der Waals surface area contributed by atoms with Gasteiger partial charge in [-0.05, 0) is 67.5 Å². The number of ketones is 2. The number of hydrogen-bond donors (Lipinski definition) is 2. The lowest BCUT2D eigenvalue weighted by Gasteiger charge is -2.13. The first-order chi connectivity index (χ1) is 26.8. The summed E-state index contributed by atoms with van der Waals surface area (Å²) in [7, 11) is 0. The monoisotopic (exact) mass is 761 g/mol. The number of hydrogen-bond acceptors (Lipinski definition) is 4. The number of phenolic OH excluding ortho intramolecular Hbond substituents is 2. The average molecular weight is 761 g/mol. The minimum absolute atomic E-state index is 0.00149. The predicted octanol–water partition coefficient (Wildman–Crippen LogP) is 16.2. The lowest BCUT2D eigenvalue weighted by Crippen LogP contribution is -2.04. The molecule has 0 aromatic heterocycles. The highest BCUT2D eigenvalue weighted by atomic mass is 16.3. The van der Waals surface area contributed by atoms with Crippen molar-refractivity contribution in [2.75, 3.05) is 0 Å². The summed E-state index contributed by atoms with van der Waals surface area (Å²) in [5.41, 5.74) is 4.05. The van der Waals surface area contributed by atoms with Gasteiger partial charge in [-0.15, -0.1) is 0 Å². The summed E-state index contributed by atoms with van der Waals surface area (Å²) in [6.45, 7) is 8.24. The summed E-state index contributed by atoms with van der Waals surface area (Å²) in [6, 6.07) is 7.52. The number of Topliss-reactive ketones (excluding diaryl/α,β-unsaturated/α-hetero) is 2. The molecule has 0 spiro atoms. The van der Waals surface area contributed by atoms with E-state index in [9.17, 15) is 19.8 Å². The molecule has 0 unspecified atom stereocenters. The second-order valence-corrected chi connectivity index (χ2v) is 17.0. The molecule has 0 bridgehead atoms. The van der Waals surface area contributed by atoms with Crippen LogP contribution in [0.2, 0.25) is 0 Å². The molecule has 0 aliphatic rings. The first-order valence-electron chi connectivity index (χ1n) is 23.5. The molecule has 0 aliphatic carbocycles. The molecule has 4 nitrogen and oxygen atoms in total. The van der Waals surface area contributed by atoms with Gasteiger partial charge in [0.2, 0.25) is 0 Å². The van der Waals surface area contributed by atoms with Crippen molar-refractivity contribution < 1.29 is 19.8 Å². The lowest BCUT2D eigenvalue weighted by atomic mass is 9.93. The quantitative estimate of drug-likeness (QED) is 0.0536. The van der Waals surface area contributed by atoms with Gasteiger partial charge in [0.15, 0.2) is 11.6 Å². The number of benzene rings is 2. The van der Waals surface area contributed by atoms with E-state index in [1.54, 1.807) is 0 Å². The Balaban J connectivity index is 1.70. The average Bonchev–Trinajstić information content (AvgIpc) is 3.17. The molecular formula is C51H84O4. The molecular weight excluding hydrogens is 677 g/mol. The zero-order valence-electron chi connectivity index (χ0n) is 36.4. The number of carbonyl (C=O) groups excluding carboxylic acids is 2. The Morgan fingerprint density at radius 1 is 0.382 bits per heavy atom. The molecule has 2 aromatic carbocycles. The predicted molar refractivity (Wildman–Crippen MR) is 236 cm³/mol. The fourth-order valence-corrected chi connectivity index (χ4v) is 8.16. The SMILES string of the molecule is CCCCCCCCCCCCCCCCCC(=O)c1cc(Cc2cc(C)c(O)c(C(=O)CCCCCCCCCCCCCCCCC)c2)cc(C)c1O. The van der Waals surface area contributed by atoms with Crippen molar-refractivity contribution in [1.82, 2.24) is 0 Å². The Bertz CT molecular complexity index is 1210. The molecule has 0 heterocycles. The van der Waals surface area contributed by atoms with Gasteiger partial charge in [-0.3, -0.25) is 9.59 Å². The second-order valence-electron chi connectivity index (χ2n) is 17.0. The van der Waals surface area contributed by atoms with Gasteiger partial charge in [0.1, 0.15) is 11.5 Å². The zero-order valence-corrected chi connectivity index (χ0v) is 36.4. The second kappa shape index (κ2) is 31.5. The van der Waals surface area contributed by atoms with Crippen LogP contribution in [0, 0.1) is 13.8 Å². The largest absolute Gasteiger partial charge is 0.507 e. The lowest BCUT2D eigenvalue weighted by molar-refractivity contribution is 0.0968. The van der Waals surface area contributed by atoms with Gasteiger partial charge in [-0.25, -0.2) is 0 Å². The number of rotatable bonds is 36. The van der Waals surface area contributed by atoms with Crippen molar-refractivity contribution in [3.05, 3.63) is 57.6 Å². The first-order valence-corrected chi connectivity index (χ1v) is 23.5. The molecule has 0 saturated carbocycles. The number of aryl methyl sites for hydroxylation is 2. The molecule has 0 saturated heterocycles. The first kappa shape index (κ1) is 48.5. The van der Waals surface area contributed by atoms with Crippen molar-refractivity contribution in [2.24, 2.45) is 0 Å². The van der Waals surface area contributed by atoms with E-state index in [0.717, 1.165) is 49.7 Å². The minimum Gasteiger partial charge on any atom is -0.507 e. The van der Waals surface area contributed by atoms with E-state index in [2.05, 4.69) is 13.8 Å². The number of unbranched alkanes of at least 4 members (excludes halogenated alkanes) is 28. The van der Waals surface area contributed by atoms with Gasteiger partial charge >= 0.3 is 0 Å². The number of phenols is 2. The molecule has 4 heteroatoms. The fourth-order valence-electron chi connectivity index (χ4n) is 8.16. The van der Waals surface area contributed by atoms with Gasteiger partial charge in [0.05, 0.1) is 11.1 Å². The maximum Gasteiger partial charge on any atom is 0.166 e. The molecule has 0 fully saturated rings. The van der Waals surface area contributed by atoms with Crippen molar-refractivity contribution in [3.63, 3.8) is 0 Å². The maximum atomic E-state index is 13.2. The summed E-state index contributed by atoms with van der Waals surface area (Å²) < 4.78 is 0. The van der Waals surface area contributed by atoms with Crippen LogP contribution in [0.3, 0.4) is 0 Å². The van der Waals surface area contributed by atoms with Gasteiger partial charge in [0.25, 0.3) is 0 Å². The fraction of sp³-hybridized carbons (Fsp3) is 0.725. The topological polar surface area (TPSA) is 74.6 Å². The van der Waals surface area contributed by atoms with Crippen LogP contribution in [0.1, 0.15) is 262 Å². The van der Waals surface area contributed by atoms with E-state index < -0.39 is 0 Å². The van der Waals surface area contributed by atoms with Crippen LogP contribution in [-0.4, -0.2) is 21.8 Å². The Morgan fingerprint density at radius 3 is 0.873 bits per heavy atom. The summed E-state index contributed by atoms with van der Waals surface area (Å²) in [5.74, 6) is 0.156. The van der Waals surface area contributed by atoms with Crippen LogP contribution in [-0.2, 0) is 6.42 Å². The highest BCUT2D eigenvalue weighted by molar-refractivity contribution is 6.00. The Morgan fingerprint density at radius 2 is 0.618 bits per heavy atom. The van der Waals surface area contributed by atoms with E-state index in [1.807, 2.05) is 38.1 Å². The molecule has 2 N–H and O–H groups in total. The summed E-state index contributed by atoms with van der Waals surface area (Å²) in [5, 5.41) is 21.6. The number of aromatic hydroxyl groups is 2. The standard InChI is InChI=1S/C51H84O4/c1-5-7-9-11-13-15-17-19-21-23-25-27-29-31-33-35-48(52)46-40-44(37-42(3)50(46)54)39-45-38-43(4)51(55)47(41-45)49(53)36-34-32-30-28-26-24-22-20-18-16-14-12-10-8-6-2/h37-38,40-41,54-55H,5-36,39H2,1-4H3. The van der Waals surface area contributed by atoms with Crippen LogP contribution in [0.25, 0.3) is 0 Å². The van der Waals surface area contributed by atoms with Crippen LogP contribution in [0.5, 0.6) is 11.5 Å². The number of carbonyl (C=O) groups is 2. The van der Waals surface area contributed by atoms with Gasteiger partial charge < -0.3 is 10.2 Å².